The topological polar surface area (TPSA) is 189 Å². The van der Waals surface area contributed by atoms with Gasteiger partial charge in [-0.25, -0.2) is 19.7 Å². The Hall–Kier alpha value is -3.29. The molecule has 0 amide bonds. The van der Waals surface area contributed by atoms with Crippen LogP contribution < -0.4 is 17.0 Å². The lowest BCUT2D eigenvalue weighted by Gasteiger charge is -2.43. The number of H-pyrrole nitrogens is 1. The summed E-state index contributed by atoms with van der Waals surface area (Å²) < 4.78 is 48.9. The Morgan fingerprint density at radius 1 is 0.887 bits per heavy atom. The summed E-state index contributed by atoms with van der Waals surface area (Å²) in [6.45, 7) is 21.4. The van der Waals surface area contributed by atoms with Crippen LogP contribution in [0.25, 0.3) is 17.2 Å². The Bertz CT molecular complexity index is 1950. The molecule has 290 valence electrons. The van der Waals surface area contributed by atoms with Crippen LogP contribution in [0.15, 0.2) is 34.3 Å². The van der Waals surface area contributed by atoms with E-state index in [0.717, 1.165) is 0 Å². The Morgan fingerprint density at radius 3 is 2.09 bits per heavy atom. The smallest absolute Gasteiger partial charge is 0.330 e. The van der Waals surface area contributed by atoms with Crippen molar-refractivity contribution in [3.05, 3.63) is 51.3 Å². The molecule has 4 saturated heterocycles. The number of anilines is 1. The summed E-state index contributed by atoms with van der Waals surface area (Å²) in [5, 5.41) is 0. The Morgan fingerprint density at radius 2 is 1.47 bits per heavy atom. The first-order valence-corrected chi connectivity index (χ1v) is 20.7. The maximum absolute atomic E-state index is 12.7. The molecule has 0 aliphatic carbocycles. The van der Waals surface area contributed by atoms with E-state index in [1.807, 2.05) is 44.4 Å². The summed E-state index contributed by atoms with van der Waals surface area (Å²) in [5.74, 6) is -0.993. The lowest BCUT2D eigenvalue weighted by molar-refractivity contribution is -0.199. The van der Waals surface area contributed by atoms with Gasteiger partial charge in [-0.05, 0) is 56.8 Å². The zero-order valence-corrected chi connectivity index (χ0v) is 33.1. The van der Waals surface area contributed by atoms with Crippen molar-refractivity contribution >= 4 is 31.4 Å². The average molecular weight is 756 g/mol. The molecule has 7 rings (SSSR count). The van der Waals surface area contributed by atoms with E-state index in [-0.39, 0.29) is 5.82 Å². The second-order valence-corrected chi connectivity index (χ2v) is 21.8. The SMILES string of the molecule is CC(C)[Si](OC[C@H]1O[C@@H](n2c(/C=C\C[C@H]3O[C@@H](n4ccc(=O)[nH]c4=O)[C@@H]4OC(C)(C)O[C@@H]43)nc3c(N)ncnc32)[C@@H]2OC(C)(C)O[C@@H]21)(C(C)C)C(C)C. The lowest BCUT2D eigenvalue weighted by atomic mass is 10.1. The van der Waals surface area contributed by atoms with Gasteiger partial charge in [0.25, 0.3) is 5.56 Å². The molecule has 16 nitrogen and oxygen atoms in total. The van der Waals surface area contributed by atoms with Crippen LogP contribution in [-0.4, -0.2) is 92.2 Å². The minimum atomic E-state index is -2.22. The van der Waals surface area contributed by atoms with E-state index < -0.39 is 80.2 Å². The molecule has 0 spiro atoms. The van der Waals surface area contributed by atoms with Crippen LogP contribution in [0.2, 0.25) is 16.6 Å². The lowest BCUT2D eigenvalue weighted by Crippen LogP contribution is -2.50. The highest BCUT2D eigenvalue weighted by Gasteiger charge is 2.58. The molecule has 3 aromatic heterocycles. The molecule has 8 atom stereocenters. The van der Waals surface area contributed by atoms with E-state index >= 15 is 0 Å². The van der Waals surface area contributed by atoms with Gasteiger partial charge in [-0.3, -0.25) is 18.9 Å². The van der Waals surface area contributed by atoms with E-state index in [0.29, 0.717) is 46.6 Å². The van der Waals surface area contributed by atoms with Gasteiger partial charge in [0, 0.05) is 12.3 Å². The molecule has 7 heterocycles. The molecule has 0 bridgehead atoms. The van der Waals surface area contributed by atoms with E-state index in [1.54, 1.807) is 0 Å². The molecule has 0 aromatic carbocycles. The number of nitrogen functional groups attached to an aromatic ring is 1. The van der Waals surface area contributed by atoms with E-state index in [2.05, 4.69) is 56.5 Å². The fraction of sp³-hybridized carbons (Fsp3) is 0.694. The molecule has 4 aliphatic rings. The van der Waals surface area contributed by atoms with Crippen molar-refractivity contribution in [3.8, 4) is 0 Å². The molecule has 53 heavy (non-hydrogen) atoms. The number of hydrogen-bond donors (Lipinski definition) is 2. The molecule has 0 unspecified atom stereocenters. The third-order valence-corrected chi connectivity index (χ3v) is 17.1. The minimum Gasteiger partial charge on any atom is -0.413 e. The average Bonchev–Trinajstić information content (AvgIpc) is 3.83. The number of rotatable bonds is 11. The van der Waals surface area contributed by atoms with Crippen LogP contribution >= 0.6 is 0 Å². The maximum atomic E-state index is 12.7. The number of aromatic amines is 1. The predicted molar refractivity (Wildman–Crippen MR) is 197 cm³/mol. The first-order valence-electron chi connectivity index (χ1n) is 18.5. The zero-order chi connectivity index (χ0) is 38.2. The van der Waals surface area contributed by atoms with Crippen molar-refractivity contribution in [2.75, 3.05) is 12.3 Å². The highest BCUT2D eigenvalue weighted by Crippen LogP contribution is 2.48. The molecular formula is C36H53N7O9Si. The maximum Gasteiger partial charge on any atom is 0.330 e. The Kier molecular flexibility index (Phi) is 9.88. The van der Waals surface area contributed by atoms with Gasteiger partial charge in [-0.2, -0.15) is 0 Å². The predicted octanol–water partition coefficient (Wildman–Crippen LogP) is 4.39. The summed E-state index contributed by atoms with van der Waals surface area (Å²) in [7, 11) is -2.22. The third kappa shape index (κ3) is 6.72. The first-order chi connectivity index (χ1) is 24.9. The number of nitrogens with zero attached hydrogens (tertiary/aromatic N) is 5. The molecule has 0 radical (unpaired) electrons. The van der Waals surface area contributed by atoms with Crippen molar-refractivity contribution in [1.29, 1.82) is 0 Å². The fourth-order valence-corrected chi connectivity index (χ4v) is 14.5. The van der Waals surface area contributed by atoms with E-state index in [4.69, 9.17) is 43.6 Å². The second-order valence-electron chi connectivity index (χ2n) is 16.3. The summed E-state index contributed by atoms with van der Waals surface area (Å²) in [4.78, 5) is 40.5. The van der Waals surface area contributed by atoms with Crippen LogP contribution in [0.5, 0.6) is 0 Å². The van der Waals surface area contributed by atoms with E-state index in [1.165, 1.54) is 23.2 Å². The normalized spacial score (nSPS) is 30.8. The summed E-state index contributed by atoms with van der Waals surface area (Å²) >= 11 is 0. The van der Waals surface area contributed by atoms with Gasteiger partial charge in [0.15, 0.2) is 49.3 Å². The van der Waals surface area contributed by atoms with Crippen LogP contribution in [0.3, 0.4) is 0 Å². The molecule has 0 saturated carbocycles. The van der Waals surface area contributed by atoms with Crippen LogP contribution in [0.4, 0.5) is 5.82 Å². The Balaban J connectivity index is 1.19. The summed E-state index contributed by atoms with van der Waals surface area (Å²) in [5.41, 5.74) is 7.38. The van der Waals surface area contributed by atoms with Gasteiger partial charge >= 0.3 is 5.69 Å². The van der Waals surface area contributed by atoms with Crippen LogP contribution in [0, 0.1) is 0 Å². The highest BCUT2D eigenvalue weighted by molar-refractivity contribution is 6.77. The number of hydrogen-bond acceptors (Lipinski definition) is 13. The fourth-order valence-electron chi connectivity index (χ4n) is 9.05. The second kappa shape index (κ2) is 13.8. The van der Waals surface area contributed by atoms with Gasteiger partial charge in [0.05, 0.1) is 12.7 Å². The quantitative estimate of drug-likeness (QED) is 0.263. The van der Waals surface area contributed by atoms with Gasteiger partial charge in [0.2, 0.25) is 0 Å². The minimum absolute atomic E-state index is 0.234. The summed E-state index contributed by atoms with van der Waals surface area (Å²) in [6, 6.07) is 1.27. The Labute approximate surface area is 309 Å². The monoisotopic (exact) mass is 755 g/mol. The number of aromatic nitrogens is 6. The first kappa shape index (κ1) is 38.0. The highest BCUT2D eigenvalue weighted by atomic mass is 28.4. The molecule has 17 heteroatoms. The number of nitrogens with two attached hydrogens (primary N) is 1. The van der Waals surface area contributed by atoms with Crippen molar-refractivity contribution in [3.63, 3.8) is 0 Å². The zero-order valence-electron chi connectivity index (χ0n) is 32.1. The summed E-state index contributed by atoms with van der Waals surface area (Å²) in [6.07, 6.45) is 2.64. The van der Waals surface area contributed by atoms with Crippen LogP contribution in [0.1, 0.15) is 93.9 Å². The number of imidazole rings is 1. The van der Waals surface area contributed by atoms with Crippen molar-refractivity contribution in [1.82, 2.24) is 29.1 Å². The van der Waals surface area contributed by atoms with Gasteiger partial charge in [0.1, 0.15) is 42.7 Å². The number of nitrogens with one attached hydrogen (secondary N) is 1. The largest absolute Gasteiger partial charge is 0.413 e. The van der Waals surface area contributed by atoms with Crippen molar-refractivity contribution in [2.24, 2.45) is 0 Å². The molecule has 4 aliphatic heterocycles. The molecule has 4 fully saturated rings. The van der Waals surface area contributed by atoms with Gasteiger partial charge < -0.3 is 38.6 Å². The number of fused-ring (bicyclic) bond motifs is 3. The molecule has 3 N–H and O–H groups in total. The third-order valence-electron chi connectivity index (χ3n) is 11.0. The number of ether oxygens (including phenoxy) is 6. The van der Waals surface area contributed by atoms with Crippen molar-refractivity contribution < 1.29 is 32.8 Å². The molecular weight excluding hydrogens is 703 g/mol. The molecule has 3 aromatic rings. The van der Waals surface area contributed by atoms with Crippen LogP contribution in [-0.2, 0) is 32.8 Å². The van der Waals surface area contributed by atoms with E-state index in [9.17, 15) is 9.59 Å². The van der Waals surface area contributed by atoms with Gasteiger partial charge in [-0.1, -0.05) is 47.6 Å². The standard InChI is InChI=1S/C36H53N7O9Si/c1-18(2)53(19(3)4,20(5)6)46-16-22-27-29(52-36(9,10)50-27)33(48-22)43-23(40-25-30(37)38-17-39-31(25)43)13-11-12-21-26-28(51-35(7,8)49-26)32(47-21)42-15-14-24(44)41-34(42)45/h11,13-15,17-22,26-29,32-33H,12,16H2,1-10H3,(H2,37,38,39)(H,41,44,45)/b13-11-/t21-,22-,26-,27-,28-,29-,32-,33-/m1/s1. The van der Waals surface area contributed by atoms with Crippen molar-refractivity contribution in [2.45, 2.75) is 153 Å². The van der Waals surface area contributed by atoms with Gasteiger partial charge in [-0.15, -0.1) is 0 Å².